The lowest BCUT2D eigenvalue weighted by atomic mass is 9.93. The van der Waals surface area contributed by atoms with Crippen LogP contribution in [-0.4, -0.2) is 35.0 Å². The van der Waals surface area contributed by atoms with Crippen LogP contribution in [0, 0.1) is 16.7 Å². The molecule has 0 spiro atoms. The molecule has 0 saturated carbocycles. The first-order valence-corrected chi connectivity index (χ1v) is 6.23. The molecule has 19 heavy (non-hydrogen) atoms. The lowest BCUT2D eigenvalue weighted by molar-refractivity contribution is -0.148. The molecule has 0 unspecified atom stereocenters. The lowest BCUT2D eigenvalue weighted by Gasteiger charge is -2.41. The quantitative estimate of drug-likeness (QED) is 0.809. The van der Waals surface area contributed by atoms with Crippen LogP contribution in [0.5, 0.6) is 5.88 Å². The lowest BCUT2D eigenvalue weighted by Crippen LogP contribution is -2.58. The van der Waals surface area contributed by atoms with Gasteiger partial charge in [-0.05, 0) is 12.1 Å². The monoisotopic (exact) mass is 259 g/mol. The summed E-state index contributed by atoms with van der Waals surface area (Å²) in [6.45, 7) is 6.80. The number of hydrogen-bond donors (Lipinski definition) is 0. The fourth-order valence-corrected chi connectivity index (χ4v) is 1.88. The van der Waals surface area contributed by atoms with Gasteiger partial charge in [-0.3, -0.25) is 4.79 Å². The van der Waals surface area contributed by atoms with E-state index in [0.717, 1.165) is 0 Å². The highest BCUT2D eigenvalue weighted by atomic mass is 16.5. The van der Waals surface area contributed by atoms with E-state index in [-0.39, 0.29) is 17.4 Å². The normalized spacial score (nSPS) is 15.6. The van der Waals surface area contributed by atoms with Gasteiger partial charge in [-0.15, -0.1) is 0 Å². The Morgan fingerprint density at radius 1 is 1.53 bits per heavy atom. The molecule has 1 aliphatic heterocycles. The number of carbonyl (C=O) groups excluding carboxylic acids is 1. The molecule has 2 rings (SSSR count). The molecule has 0 bridgehead atoms. The number of pyridine rings is 1. The summed E-state index contributed by atoms with van der Waals surface area (Å²) in [5.41, 5.74) is 0.0523. The van der Waals surface area contributed by atoms with Crippen molar-refractivity contribution in [1.29, 1.82) is 5.26 Å². The third kappa shape index (κ3) is 2.84. The van der Waals surface area contributed by atoms with Crippen molar-refractivity contribution in [3.8, 4) is 11.9 Å². The summed E-state index contributed by atoms with van der Waals surface area (Å²) in [5.74, 6) is 0.465. The molecule has 100 valence electrons. The van der Waals surface area contributed by atoms with E-state index >= 15 is 0 Å². The van der Waals surface area contributed by atoms with Crippen molar-refractivity contribution in [3.63, 3.8) is 0 Å². The maximum Gasteiger partial charge on any atom is 0.232 e. The zero-order chi connectivity index (χ0) is 14.0. The molecule has 1 amide bonds. The summed E-state index contributed by atoms with van der Waals surface area (Å²) in [7, 11) is 0. The van der Waals surface area contributed by atoms with Crippen LogP contribution in [-0.2, 0) is 4.79 Å². The number of likely N-dealkylation sites (tertiary alicyclic amines) is 1. The van der Waals surface area contributed by atoms with Crippen molar-refractivity contribution in [1.82, 2.24) is 9.88 Å². The first-order valence-electron chi connectivity index (χ1n) is 6.23. The minimum atomic E-state index is -0.367. The molecule has 1 aromatic rings. The highest BCUT2D eigenvalue weighted by Gasteiger charge is 2.37. The predicted octanol–water partition coefficient (Wildman–Crippen LogP) is 1.59. The molecule has 1 saturated heterocycles. The van der Waals surface area contributed by atoms with Gasteiger partial charge < -0.3 is 9.64 Å². The largest absolute Gasteiger partial charge is 0.470 e. The third-order valence-electron chi connectivity index (χ3n) is 2.95. The van der Waals surface area contributed by atoms with Gasteiger partial charge in [0, 0.05) is 11.6 Å². The van der Waals surface area contributed by atoms with Crippen LogP contribution in [0.25, 0.3) is 0 Å². The number of rotatable bonds is 2. The second-order valence-electron chi connectivity index (χ2n) is 5.67. The highest BCUT2D eigenvalue weighted by molar-refractivity contribution is 5.82. The van der Waals surface area contributed by atoms with Crippen molar-refractivity contribution < 1.29 is 9.53 Å². The summed E-state index contributed by atoms with van der Waals surface area (Å²) in [5, 5.41) is 8.93. The van der Waals surface area contributed by atoms with Crippen LogP contribution in [0.2, 0.25) is 0 Å². The van der Waals surface area contributed by atoms with Crippen molar-refractivity contribution in [2.24, 2.45) is 5.41 Å². The van der Waals surface area contributed by atoms with E-state index in [1.165, 1.54) is 0 Å². The summed E-state index contributed by atoms with van der Waals surface area (Å²) < 4.78 is 5.64. The summed E-state index contributed by atoms with van der Waals surface area (Å²) in [6.07, 6.45) is 1.51. The van der Waals surface area contributed by atoms with E-state index in [0.29, 0.717) is 24.5 Å². The number of hydrogen-bond acceptors (Lipinski definition) is 4. The smallest absolute Gasteiger partial charge is 0.232 e. The molecule has 0 aliphatic carbocycles. The predicted molar refractivity (Wildman–Crippen MR) is 69.4 cm³/mol. The van der Waals surface area contributed by atoms with Crippen molar-refractivity contribution in [2.75, 3.05) is 13.1 Å². The third-order valence-corrected chi connectivity index (χ3v) is 2.95. The average Bonchev–Trinajstić information content (AvgIpc) is 2.31. The zero-order valence-electron chi connectivity index (χ0n) is 11.4. The Bertz CT molecular complexity index is 522. The van der Waals surface area contributed by atoms with Gasteiger partial charge in [0.05, 0.1) is 13.1 Å². The minimum absolute atomic E-state index is 0.0756. The Morgan fingerprint density at radius 3 is 2.79 bits per heavy atom. The number of ether oxygens (including phenoxy) is 1. The van der Waals surface area contributed by atoms with E-state index in [1.54, 1.807) is 23.2 Å². The maximum atomic E-state index is 12.0. The number of nitrogens with zero attached hydrogens (tertiary/aromatic N) is 3. The first kappa shape index (κ1) is 13.3. The fourth-order valence-electron chi connectivity index (χ4n) is 1.88. The molecule has 0 aromatic carbocycles. The highest BCUT2D eigenvalue weighted by Crippen LogP contribution is 2.24. The van der Waals surface area contributed by atoms with Crippen LogP contribution < -0.4 is 4.74 Å². The Labute approximate surface area is 112 Å². The molecule has 0 radical (unpaired) electrons. The molecular weight excluding hydrogens is 242 g/mol. The summed E-state index contributed by atoms with van der Waals surface area (Å²) in [4.78, 5) is 17.8. The van der Waals surface area contributed by atoms with Gasteiger partial charge in [-0.25, -0.2) is 4.98 Å². The molecule has 2 heterocycles. The molecule has 1 aliphatic rings. The van der Waals surface area contributed by atoms with E-state index in [1.807, 2.05) is 26.8 Å². The molecule has 1 fully saturated rings. The Hall–Kier alpha value is -2.09. The molecule has 5 nitrogen and oxygen atoms in total. The maximum absolute atomic E-state index is 12.0. The van der Waals surface area contributed by atoms with Crippen molar-refractivity contribution in [2.45, 2.75) is 26.9 Å². The SMILES string of the molecule is CC(C)(C)C(=O)N1CC(Oc2ncccc2C#N)C1. The van der Waals surface area contributed by atoms with Gasteiger partial charge in [0.25, 0.3) is 0 Å². The van der Waals surface area contributed by atoms with Crippen LogP contribution in [0.3, 0.4) is 0 Å². The minimum Gasteiger partial charge on any atom is -0.470 e. The average molecular weight is 259 g/mol. The fraction of sp³-hybridized carbons (Fsp3) is 0.500. The van der Waals surface area contributed by atoms with E-state index in [9.17, 15) is 4.79 Å². The van der Waals surface area contributed by atoms with E-state index < -0.39 is 0 Å². The number of aromatic nitrogens is 1. The summed E-state index contributed by atoms with van der Waals surface area (Å²) in [6, 6.07) is 5.40. The molecule has 5 heteroatoms. The van der Waals surface area contributed by atoms with Gasteiger partial charge >= 0.3 is 0 Å². The van der Waals surface area contributed by atoms with Gasteiger partial charge in [-0.1, -0.05) is 20.8 Å². The Balaban J connectivity index is 1.92. The van der Waals surface area contributed by atoms with Crippen LogP contribution >= 0.6 is 0 Å². The zero-order valence-corrected chi connectivity index (χ0v) is 11.4. The van der Waals surface area contributed by atoms with Crippen molar-refractivity contribution in [3.05, 3.63) is 23.9 Å². The van der Waals surface area contributed by atoms with E-state index in [2.05, 4.69) is 4.98 Å². The van der Waals surface area contributed by atoms with Crippen LogP contribution in [0.1, 0.15) is 26.3 Å². The molecule has 0 atom stereocenters. The molecule has 1 aromatic heterocycles. The van der Waals surface area contributed by atoms with Crippen LogP contribution in [0.4, 0.5) is 0 Å². The Kier molecular flexibility index (Phi) is 3.43. The number of amides is 1. The molecule has 0 N–H and O–H groups in total. The van der Waals surface area contributed by atoms with Gasteiger partial charge in [0.15, 0.2) is 0 Å². The molecular formula is C14H17N3O2. The van der Waals surface area contributed by atoms with Gasteiger partial charge in [0.1, 0.15) is 17.7 Å². The Morgan fingerprint density at radius 2 is 2.21 bits per heavy atom. The second-order valence-corrected chi connectivity index (χ2v) is 5.67. The van der Waals surface area contributed by atoms with Crippen LogP contribution in [0.15, 0.2) is 18.3 Å². The van der Waals surface area contributed by atoms with E-state index in [4.69, 9.17) is 10.00 Å². The summed E-state index contributed by atoms with van der Waals surface area (Å²) >= 11 is 0. The number of carbonyl (C=O) groups is 1. The standard InChI is InChI=1S/C14H17N3O2/c1-14(2,3)13(18)17-8-11(9-17)19-12-10(7-15)5-4-6-16-12/h4-6,11H,8-9H2,1-3H3. The van der Waals surface area contributed by atoms with Gasteiger partial charge in [-0.2, -0.15) is 5.26 Å². The van der Waals surface area contributed by atoms with Gasteiger partial charge in [0.2, 0.25) is 11.8 Å². The number of nitriles is 1. The topological polar surface area (TPSA) is 66.2 Å². The van der Waals surface area contributed by atoms with Crippen molar-refractivity contribution >= 4 is 5.91 Å². The first-order chi connectivity index (χ1) is 8.91. The second kappa shape index (κ2) is 4.88.